The smallest absolute Gasteiger partial charge is 0.264 e. The van der Waals surface area contributed by atoms with Crippen LogP contribution in [0.2, 0.25) is 10.0 Å². The predicted molar refractivity (Wildman–Crippen MR) is 156 cm³/mol. The maximum Gasteiger partial charge on any atom is 0.264 e. The molecule has 0 aliphatic rings. The number of aryl methyl sites for hydroxylation is 1. The molecule has 0 unspecified atom stereocenters. The number of sulfonamides is 1. The quantitative estimate of drug-likeness (QED) is 0.193. The van der Waals surface area contributed by atoms with Gasteiger partial charge in [-0.1, -0.05) is 43.0 Å². The van der Waals surface area contributed by atoms with E-state index in [2.05, 4.69) is 10.0 Å². The van der Waals surface area contributed by atoms with Crippen LogP contribution in [-0.2, 0) is 19.6 Å². The Kier molecular flexibility index (Phi) is 10.9. The van der Waals surface area contributed by atoms with E-state index >= 15 is 0 Å². The monoisotopic (exact) mass is 615 g/mol. The summed E-state index contributed by atoms with van der Waals surface area (Å²) in [6.07, 6.45) is 2.44. The normalized spacial score (nSPS) is 10.9. The number of hydrogen-bond donors (Lipinski definition) is 2. The fourth-order valence-electron chi connectivity index (χ4n) is 3.81. The first kappa shape index (κ1) is 31.6. The minimum Gasteiger partial charge on any atom is -0.483 e. The SMILES string of the molecule is CCCCCC(=O)NS(=O)(=O)c1ccc(NC(=O)COc2ccc(Cl)cc2C(=O)c2cc(Cl)cc(C#N)c2)c(C)c1. The van der Waals surface area contributed by atoms with Crippen LogP contribution in [0.4, 0.5) is 5.69 Å². The van der Waals surface area contributed by atoms with Crippen molar-refractivity contribution >= 4 is 56.5 Å². The highest BCUT2D eigenvalue weighted by atomic mass is 35.5. The number of carbonyl (C=O) groups is 3. The number of carbonyl (C=O) groups excluding carboxylic acids is 3. The van der Waals surface area contributed by atoms with E-state index in [1.807, 2.05) is 13.0 Å². The van der Waals surface area contributed by atoms with Crippen molar-refractivity contribution in [2.24, 2.45) is 0 Å². The van der Waals surface area contributed by atoms with Crippen LogP contribution in [0.15, 0.2) is 59.5 Å². The van der Waals surface area contributed by atoms with Crippen LogP contribution in [0.25, 0.3) is 0 Å². The third-order valence-electron chi connectivity index (χ3n) is 5.87. The number of halogens is 2. The molecule has 0 bridgehead atoms. The number of ether oxygens (including phenoxy) is 1. The second-order valence-corrected chi connectivity index (χ2v) is 11.7. The highest BCUT2D eigenvalue weighted by Crippen LogP contribution is 2.27. The summed E-state index contributed by atoms with van der Waals surface area (Å²) in [6, 6.07) is 14.5. The minimum atomic E-state index is -4.06. The Bertz CT molecular complexity index is 1630. The van der Waals surface area contributed by atoms with Crippen LogP contribution in [0, 0.1) is 18.3 Å². The summed E-state index contributed by atoms with van der Waals surface area (Å²) >= 11 is 12.1. The molecule has 0 aromatic heterocycles. The highest BCUT2D eigenvalue weighted by molar-refractivity contribution is 7.90. The molecular weight excluding hydrogens is 589 g/mol. The van der Waals surface area contributed by atoms with E-state index in [0.717, 1.165) is 12.8 Å². The summed E-state index contributed by atoms with van der Waals surface area (Å²) < 4.78 is 32.9. The number of anilines is 1. The summed E-state index contributed by atoms with van der Waals surface area (Å²) in [5.74, 6) is -1.57. The number of rotatable bonds is 12. The number of unbranched alkanes of at least 4 members (excludes halogenated alkanes) is 2. The molecule has 0 aliphatic carbocycles. The van der Waals surface area contributed by atoms with Crippen molar-refractivity contribution < 1.29 is 27.5 Å². The molecule has 3 rings (SSSR count). The number of benzene rings is 3. The highest BCUT2D eigenvalue weighted by Gasteiger charge is 2.20. The van der Waals surface area contributed by atoms with E-state index in [9.17, 15) is 28.1 Å². The summed E-state index contributed by atoms with van der Waals surface area (Å²) in [7, 11) is -4.06. The van der Waals surface area contributed by atoms with E-state index < -0.39 is 34.2 Å². The Balaban J connectivity index is 1.69. The van der Waals surface area contributed by atoms with E-state index in [1.165, 1.54) is 54.6 Å². The first-order valence-corrected chi connectivity index (χ1v) is 14.8. The second-order valence-electron chi connectivity index (χ2n) is 9.11. The molecule has 9 nitrogen and oxygen atoms in total. The van der Waals surface area contributed by atoms with Gasteiger partial charge >= 0.3 is 0 Å². The van der Waals surface area contributed by atoms with Crippen molar-refractivity contribution in [3.8, 4) is 11.8 Å². The molecular formula is C29H27Cl2N3O6S. The molecule has 2 amide bonds. The van der Waals surface area contributed by atoms with Gasteiger partial charge in [-0.25, -0.2) is 13.1 Å². The number of nitrogens with one attached hydrogen (secondary N) is 2. The van der Waals surface area contributed by atoms with Crippen molar-refractivity contribution in [2.45, 2.75) is 44.4 Å². The lowest BCUT2D eigenvalue weighted by molar-refractivity contribution is -0.119. The van der Waals surface area contributed by atoms with Gasteiger partial charge in [0.2, 0.25) is 5.91 Å². The zero-order valence-electron chi connectivity index (χ0n) is 22.3. The van der Waals surface area contributed by atoms with Gasteiger partial charge in [0, 0.05) is 27.7 Å². The topological polar surface area (TPSA) is 142 Å². The summed E-state index contributed by atoms with van der Waals surface area (Å²) in [4.78, 5) is 37.7. The van der Waals surface area contributed by atoms with Crippen LogP contribution >= 0.6 is 23.2 Å². The standard InChI is InChI=1S/C29H27Cl2N3O6S/c1-3-4-5-6-27(35)34-41(38,39)23-8-9-25(18(2)11-23)33-28(36)17-40-26-10-7-21(30)15-24(26)29(37)20-12-19(16-32)13-22(31)14-20/h7-15H,3-6,17H2,1-2H3,(H,33,36)(H,34,35). The molecule has 214 valence electrons. The number of hydrogen-bond acceptors (Lipinski definition) is 7. The van der Waals surface area contributed by atoms with Crippen LogP contribution < -0.4 is 14.8 Å². The number of ketones is 1. The van der Waals surface area contributed by atoms with Gasteiger partial charge < -0.3 is 10.1 Å². The lowest BCUT2D eigenvalue weighted by atomic mass is 10.0. The number of nitrogens with zero attached hydrogens (tertiary/aromatic N) is 1. The molecule has 3 aromatic carbocycles. The van der Waals surface area contributed by atoms with Gasteiger partial charge in [0.1, 0.15) is 5.75 Å². The average Bonchev–Trinajstić information content (AvgIpc) is 2.92. The molecule has 0 spiro atoms. The van der Waals surface area contributed by atoms with Crippen molar-refractivity contribution in [1.29, 1.82) is 5.26 Å². The number of nitriles is 1. The molecule has 0 aliphatic heterocycles. The minimum absolute atomic E-state index is 0.0685. The fraction of sp³-hybridized carbons (Fsp3) is 0.241. The van der Waals surface area contributed by atoms with Gasteiger partial charge in [-0.2, -0.15) is 5.26 Å². The largest absolute Gasteiger partial charge is 0.483 e. The molecule has 3 aromatic rings. The van der Waals surface area contributed by atoms with E-state index in [0.29, 0.717) is 17.7 Å². The zero-order valence-corrected chi connectivity index (χ0v) is 24.6. The Labute approximate surface area is 248 Å². The van der Waals surface area contributed by atoms with Crippen molar-refractivity contribution in [3.05, 3.63) is 86.9 Å². The zero-order chi connectivity index (χ0) is 30.2. The van der Waals surface area contributed by atoms with Crippen molar-refractivity contribution in [1.82, 2.24) is 4.72 Å². The third-order valence-corrected chi connectivity index (χ3v) is 7.70. The first-order chi connectivity index (χ1) is 19.4. The van der Waals surface area contributed by atoms with Crippen molar-refractivity contribution in [3.63, 3.8) is 0 Å². The number of amides is 2. The van der Waals surface area contributed by atoms with Gasteiger partial charge in [0.25, 0.3) is 15.9 Å². The van der Waals surface area contributed by atoms with Gasteiger partial charge in [-0.15, -0.1) is 0 Å². The van der Waals surface area contributed by atoms with Crippen LogP contribution in [-0.4, -0.2) is 32.6 Å². The maximum absolute atomic E-state index is 13.2. The third kappa shape index (κ3) is 8.79. The molecule has 0 heterocycles. The molecule has 0 saturated heterocycles. The molecule has 0 saturated carbocycles. The van der Waals surface area contributed by atoms with Gasteiger partial charge in [-0.3, -0.25) is 14.4 Å². The molecule has 2 N–H and O–H groups in total. The lowest BCUT2D eigenvalue weighted by Gasteiger charge is -2.14. The van der Waals surface area contributed by atoms with Gasteiger partial charge in [-0.05, 0) is 73.5 Å². The van der Waals surface area contributed by atoms with Crippen LogP contribution in [0.1, 0.15) is 59.7 Å². The Morgan fingerprint density at radius 3 is 2.39 bits per heavy atom. The molecule has 0 atom stereocenters. The van der Waals surface area contributed by atoms with E-state index in [-0.39, 0.29) is 43.8 Å². The van der Waals surface area contributed by atoms with Crippen LogP contribution in [0.5, 0.6) is 5.75 Å². The summed E-state index contributed by atoms with van der Waals surface area (Å²) in [6.45, 7) is 3.11. The Hall–Kier alpha value is -3.91. The Morgan fingerprint density at radius 1 is 0.951 bits per heavy atom. The average molecular weight is 617 g/mol. The maximum atomic E-state index is 13.2. The van der Waals surface area contributed by atoms with Crippen LogP contribution in [0.3, 0.4) is 0 Å². The van der Waals surface area contributed by atoms with E-state index in [4.69, 9.17) is 27.9 Å². The molecule has 12 heteroatoms. The predicted octanol–water partition coefficient (Wildman–Crippen LogP) is 5.81. The van der Waals surface area contributed by atoms with Crippen molar-refractivity contribution in [2.75, 3.05) is 11.9 Å². The van der Waals surface area contributed by atoms with Gasteiger partial charge in [0.15, 0.2) is 12.4 Å². The summed E-state index contributed by atoms with van der Waals surface area (Å²) in [5.41, 5.74) is 1.19. The first-order valence-electron chi connectivity index (χ1n) is 12.6. The molecule has 0 fully saturated rings. The molecule has 41 heavy (non-hydrogen) atoms. The molecule has 0 radical (unpaired) electrons. The van der Waals surface area contributed by atoms with E-state index in [1.54, 1.807) is 6.92 Å². The second kappa shape index (κ2) is 14.1. The summed E-state index contributed by atoms with van der Waals surface area (Å²) in [5, 5.41) is 12.3. The van der Waals surface area contributed by atoms with Gasteiger partial charge in [0.05, 0.1) is 22.1 Å². The Morgan fingerprint density at radius 2 is 1.71 bits per heavy atom. The fourth-order valence-corrected chi connectivity index (χ4v) is 5.32. The lowest BCUT2D eigenvalue weighted by Crippen LogP contribution is -2.30.